The third-order valence-corrected chi connectivity index (χ3v) is 2.59. The Bertz CT molecular complexity index is 935. The van der Waals surface area contributed by atoms with Gasteiger partial charge in [0.2, 0.25) is 0 Å². The molecule has 0 radical (unpaired) electrons. The molecule has 0 saturated carbocycles. The number of carboxylic acid groups (broad SMARTS) is 1. The van der Waals surface area contributed by atoms with Gasteiger partial charge in [0, 0.05) is 12.5 Å². The molecule has 0 amide bonds. The lowest BCUT2D eigenvalue weighted by molar-refractivity contribution is -0.136. The third-order valence-electron chi connectivity index (χ3n) is 2.30. The van der Waals surface area contributed by atoms with Crippen LogP contribution in [-0.2, 0) is 11.2 Å². The number of carbonyl (C=O) groups is 1. The van der Waals surface area contributed by atoms with E-state index in [0.717, 1.165) is 18.2 Å². The predicted molar refractivity (Wildman–Crippen MR) is 77.2 cm³/mol. The molecule has 0 aliphatic heterocycles. The number of aliphatic carboxylic acids is 1. The second-order valence-corrected chi connectivity index (χ2v) is 4.07. The number of halogens is 2. The van der Waals surface area contributed by atoms with E-state index in [1.165, 1.54) is 0 Å². The molecule has 0 fully saturated rings. The summed E-state index contributed by atoms with van der Waals surface area (Å²) in [7, 11) is 0. The molecular weight excluding hydrogens is 281 g/mol. The number of benzene rings is 2. The molecule has 2 aromatic rings. The van der Waals surface area contributed by atoms with E-state index < -0.39 is 59.4 Å². The molecule has 0 spiro atoms. The molecule has 20 heavy (non-hydrogen) atoms. The standard InChI is InChI=1S/C15H13ClFNO2/c1-9-5-6-13(10(7-9)8-14(19)20)18-15-11(16)3-2-4-12(15)17/h2-7,18H,8H2,1H3,(H,19,20)/i1D3,2D,3D,4D,8D2. The first-order valence-electron chi connectivity index (χ1n) is 9.29. The largest absolute Gasteiger partial charge is 0.481 e. The van der Waals surface area contributed by atoms with Gasteiger partial charge in [0.15, 0.2) is 0 Å². The first-order valence-corrected chi connectivity index (χ1v) is 5.67. The van der Waals surface area contributed by atoms with Crippen LogP contribution in [0.4, 0.5) is 15.8 Å². The first-order chi connectivity index (χ1) is 12.7. The van der Waals surface area contributed by atoms with Gasteiger partial charge in [-0.25, -0.2) is 4.39 Å². The van der Waals surface area contributed by atoms with Gasteiger partial charge >= 0.3 is 5.97 Å². The molecule has 0 aromatic heterocycles. The predicted octanol–water partition coefficient (Wildman–Crippen LogP) is 4.16. The summed E-state index contributed by atoms with van der Waals surface area (Å²) in [6.07, 6.45) is -3.05. The summed E-state index contributed by atoms with van der Waals surface area (Å²) in [5, 5.41) is 11.0. The Morgan fingerprint density at radius 2 is 2.40 bits per heavy atom. The Morgan fingerprint density at radius 1 is 1.60 bits per heavy atom. The fourth-order valence-electron chi connectivity index (χ4n) is 1.48. The lowest BCUT2D eigenvalue weighted by Crippen LogP contribution is -2.05. The van der Waals surface area contributed by atoms with Crippen LogP contribution in [-0.4, -0.2) is 11.1 Å². The van der Waals surface area contributed by atoms with Gasteiger partial charge < -0.3 is 10.4 Å². The highest BCUT2D eigenvalue weighted by atomic mass is 35.5. The summed E-state index contributed by atoms with van der Waals surface area (Å²) in [5.74, 6) is -3.21. The third kappa shape index (κ3) is 3.27. The Hall–Kier alpha value is -2.07. The van der Waals surface area contributed by atoms with Gasteiger partial charge in [0.05, 0.1) is 21.2 Å². The average molecular weight is 302 g/mol. The molecule has 0 aliphatic carbocycles. The number of rotatable bonds is 4. The quantitative estimate of drug-likeness (QED) is 0.891. The van der Waals surface area contributed by atoms with E-state index in [4.69, 9.17) is 22.6 Å². The number of carboxylic acids is 1. The summed E-state index contributed by atoms with van der Waals surface area (Å²) >= 11 is 5.87. The lowest BCUT2D eigenvalue weighted by atomic mass is 10.1. The second-order valence-electron chi connectivity index (χ2n) is 3.69. The monoisotopic (exact) mass is 301 g/mol. The molecule has 2 N–H and O–H groups in total. The second kappa shape index (κ2) is 5.92. The van der Waals surface area contributed by atoms with Crippen LogP contribution in [0.2, 0.25) is 5.02 Å². The molecule has 0 bridgehead atoms. The number of nitrogens with one attached hydrogen (secondary N) is 1. The summed E-state index contributed by atoms with van der Waals surface area (Å²) in [5.41, 5.74) is -1.90. The van der Waals surface area contributed by atoms with Crippen LogP contribution in [0.25, 0.3) is 0 Å². The van der Waals surface area contributed by atoms with Gasteiger partial charge in [-0.2, -0.15) is 0 Å². The fraction of sp³-hybridized carbons (Fsp3) is 0.133. The molecule has 2 rings (SSSR count). The van der Waals surface area contributed by atoms with E-state index >= 15 is 0 Å². The van der Waals surface area contributed by atoms with Crippen molar-refractivity contribution in [3.63, 3.8) is 0 Å². The maximum Gasteiger partial charge on any atom is 0.307 e. The van der Waals surface area contributed by atoms with Gasteiger partial charge in [0.1, 0.15) is 5.82 Å². The number of anilines is 2. The van der Waals surface area contributed by atoms with Crippen molar-refractivity contribution in [2.75, 3.05) is 5.32 Å². The maximum absolute atomic E-state index is 14.4. The number of hydrogen-bond donors (Lipinski definition) is 2. The minimum Gasteiger partial charge on any atom is -0.481 e. The SMILES string of the molecule is [2H]c1c([2H])c(F)c(Nc2ccc(C([2H])([2H])[2H])cc2C([2H])([2H])C(=O)O)c(Cl)c1[2H]. The zero-order chi connectivity index (χ0) is 21.6. The molecule has 0 saturated heterocycles. The van der Waals surface area contributed by atoms with Crippen molar-refractivity contribution in [2.45, 2.75) is 13.2 Å². The highest BCUT2D eigenvalue weighted by Gasteiger charge is 2.11. The van der Waals surface area contributed by atoms with Crippen molar-refractivity contribution in [1.29, 1.82) is 0 Å². The Kier molecular flexibility index (Phi) is 2.10. The van der Waals surface area contributed by atoms with Crippen LogP contribution in [0.1, 0.15) is 22.1 Å². The van der Waals surface area contributed by atoms with Crippen molar-refractivity contribution >= 4 is 28.9 Å². The van der Waals surface area contributed by atoms with Crippen LogP contribution >= 0.6 is 11.6 Å². The van der Waals surface area contributed by atoms with Crippen LogP contribution < -0.4 is 5.32 Å². The van der Waals surface area contributed by atoms with Crippen molar-refractivity contribution < 1.29 is 25.3 Å². The van der Waals surface area contributed by atoms with Gasteiger partial charge in [-0.05, 0) is 30.6 Å². The fourth-order valence-corrected chi connectivity index (χ4v) is 1.66. The molecule has 5 heteroatoms. The molecule has 0 unspecified atom stereocenters. The van der Waals surface area contributed by atoms with Crippen LogP contribution in [0, 0.1) is 12.7 Å². The summed E-state index contributed by atoms with van der Waals surface area (Å²) in [6, 6.07) is 0.584. The number of hydrogen-bond acceptors (Lipinski definition) is 2. The molecular formula is C15H13ClFNO2. The smallest absolute Gasteiger partial charge is 0.307 e. The molecule has 104 valence electrons. The summed E-state index contributed by atoms with van der Waals surface area (Å²) < 4.78 is 74.8. The van der Waals surface area contributed by atoms with Crippen molar-refractivity contribution in [3.05, 3.63) is 58.3 Å². The Morgan fingerprint density at radius 3 is 3.10 bits per heavy atom. The molecule has 3 nitrogen and oxygen atoms in total. The van der Waals surface area contributed by atoms with E-state index in [1.807, 2.05) is 0 Å². The zero-order valence-corrected chi connectivity index (χ0v) is 10.6. The lowest BCUT2D eigenvalue weighted by Gasteiger charge is -2.13. The van der Waals surface area contributed by atoms with Gasteiger partial charge in [-0.3, -0.25) is 4.79 Å². The summed E-state index contributed by atoms with van der Waals surface area (Å²) in [4.78, 5) is 11.3. The number of aryl methyl sites for hydroxylation is 1. The van der Waals surface area contributed by atoms with Gasteiger partial charge in [0.25, 0.3) is 0 Å². The van der Waals surface area contributed by atoms with Crippen molar-refractivity contribution in [1.82, 2.24) is 0 Å². The zero-order valence-electron chi connectivity index (χ0n) is 17.8. The van der Waals surface area contributed by atoms with E-state index in [-0.39, 0.29) is 11.3 Å². The molecule has 0 aliphatic rings. The minimum atomic E-state index is -3.05. The maximum atomic E-state index is 14.4. The molecule has 2 aromatic carbocycles. The number of para-hydroxylation sites is 1. The van der Waals surface area contributed by atoms with E-state index in [0.29, 0.717) is 0 Å². The normalized spacial score (nSPS) is 17.5. The van der Waals surface area contributed by atoms with Gasteiger partial charge in [-0.1, -0.05) is 35.3 Å². The van der Waals surface area contributed by atoms with E-state index in [9.17, 15) is 14.3 Å². The summed E-state index contributed by atoms with van der Waals surface area (Å²) in [6.45, 7) is -2.65. The Labute approximate surface area is 132 Å². The highest BCUT2D eigenvalue weighted by molar-refractivity contribution is 6.33. The average Bonchev–Trinajstić information content (AvgIpc) is 2.61. The van der Waals surface area contributed by atoms with Crippen molar-refractivity contribution in [3.8, 4) is 0 Å². The van der Waals surface area contributed by atoms with Gasteiger partial charge in [-0.15, -0.1) is 0 Å². The minimum absolute atomic E-state index is 0.322. The Balaban J connectivity index is 2.73. The van der Waals surface area contributed by atoms with E-state index in [2.05, 4.69) is 5.32 Å². The topological polar surface area (TPSA) is 49.3 Å². The highest BCUT2D eigenvalue weighted by Crippen LogP contribution is 2.30. The van der Waals surface area contributed by atoms with Crippen LogP contribution in [0.5, 0.6) is 0 Å². The molecule has 0 atom stereocenters. The van der Waals surface area contributed by atoms with Crippen LogP contribution in [0.15, 0.2) is 36.3 Å². The van der Waals surface area contributed by atoms with Crippen molar-refractivity contribution in [2.24, 2.45) is 0 Å². The first kappa shape index (κ1) is 7.09. The van der Waals surface area contributed by atoms with Crippen LogP contribution in [0.3, 0.4) is 0 Å². The molecule has 0 heterocycles. The van der Waals surface area contributed by atoms with E-state index in [1.54, 1.807) is 0 Å².